The smallest absolute Gasteiger partial charge is 0.167 e. The maximum Gasteiger partial charge on any atom is 0.167 e. The van der Waals surface area contributed by atoms with E-state index in [4.69, 9.17) is 10.5 Å². The fourth-order valence-corrected chi connectivity index (χ4v) is 3.41. The molecule has 20 heavy (non-hydrogen) atoms. The quantitative estimate of drug-likeness (QED) is 0.811. The highest BCUT2D eigenvalue weighted by atomic mass is 79.9. The van der Waals surface area contributed by atoms with Gasteiger partial charge in [0.25, 0.3) is 0 Å². The highest BCUT2D eigenvalue weighted by Gasteiger charge is 2.13. The Balaban J connectivity index is 2.24. The van der Waals surface area contributed by atoms with E-state index < -0.39 is 5.82 Å². The molecular weight excluding hydrogens is 343 g/mol. The SMILES string of the molecule is CCOc1cc(N(C)Cc2cc(Br)cs2)c(N)cc1F. The summed E-state index contributed by atoms with van der Waals surface area (Å²) in [5.74, 6) is -0.198. The first-order valence-corrected chi connectivity index (χ1v) is 7.84. The van der Waals surface area contributed by atoms with E-state index in [2.05, 4.69) is 22.0 Å². The largest absolute Gasteiger partial charge is 0.491 e. The van der Waals surface area contributed by atoms with Crippen molar-refractivity contribution in [1.29, 1.82) is 0 Å². The van der Waals surface area contributed by atoms with E-state index in [0.717, 1.165) is 10.2 Å². The van der Waals surface area contributed by atoms with Crippen LogP contribution in [0.1, 0.15) is 11.8 Å². The number of thiophene rings is 1. The highest BCUT2D eigenvalue weighted by molar-refractivity contribution is 9.10. The van der Waals surface area contributed by atoms with Crippen molar-refractivity contribution in [3.8, 4) is 5.75 Å². The molecule has 0 amide bonds. The molecule has 0 fully saturated rings. The number of hydrogen-bond donors (Lipinski definition) is 1. The standard InChI is InChI=1S/C14H16BrFN2OS/c1-3-19-14-6-13(12(17)5-11(14)16)18(2)7-10-4-9(15)8-20-10/h4-6,8H,3,7,17H2,1-2H3. The van der Waals surface area contributed by atoms with Gasteiger partial charge in [0, 0.05) is 33.9 Å². The second kappa shape index (κ2) is 6.45. The van der Waals surface area contributed by atoms with Gasteiger partial charge in [0.1, 0.15) is 0 Å². The average molecular weight is 359 g/mol. The molecule has 0 atom stereocenters. The molecular formula is C14H16BrFN2OS. The summed E-state index contributed by atoms with van der Waals surface area (Å²) in [5, 5.41) is 2.03. The summed E-state index contributed by atoms with van der Waals surface area (Å²) < 4.78 is 20.0. The maximum absolute atomic E-state index is 13.7. The first-order chi connectivity index (χ1) is 9.51. The Bertz CT molecular complexity index is 603. The van der Waals surface area contributed by atoms with Gasteiger partial charge >= 0.3 is 0 Å². The van der Waals surface area contributed by atoms with E-state index in [0.29, 0.717) is 18.8 Å². The topological polar surface area (TPSA) is 38.5 Å². The highest BCUT2D eigenvalue weighted by Crippen LogP contribution is 2.32. The van der Waals surface area contributed by atoms with Gasteiger partial charge in [0.15, 0.2) is 11.6 Å². The Labute approximate surface area is 130 Å². The van der Waals surface area contributed by atoms with Crippen molar-refractivity contribution in [3.05, 3.63) is 38.7 Å². The van der Waals surface area contributed by atoms with Gasteiger partial charge in [-0.2, -0.15) is 0 Å². The molecule has 1 aromatic heterocycles. The zero-order chi connectivity index (χ0) is 14.7. The third-order valence-electron chi connectivity index (χ3n) is 2.81. The van der Waals surface area contributed by atoms with Gasteiger partial charge in [0.2, 0.25) is 0 Å². The van der Waals surface area contributed by atoms with Crippen LogP contribution in [0.2, 0.25) is 0 Å². The van der Waals surface area contributed by atoms with E-state index in [1.165, 1.54) is 10.9 Å². The van der Waals surface area contributed by atoms with Crippen LogP contribution >= 0.6 is 27.3 Å². The molecule has 0 aliphatic rings. The molecule has 0 aliphatic carbocycles. The molecule has 3 nitrogen and oxygen atoms in total. The Kier molecular flexibility index (Phi) is 4.88. The number of nitrogen functional groups attached to an aromatic ring is 1. The Morgan fingerprint density at radius 1 is 1.40 bits per heavy atom. The number of benzene rings is 1. The third kappa shape index (κ3) is 3.43. The number of nitrogens with two attached hydrogens (primary N) is 1. The van der Waals surface area contributed by atoms with Gasteiger partial charge in [-0.05, 0) is 28.9 Å². The van der Waals surface area contributed by atoms with Crippen LogP contribution in [-0.2, 0) is 6.54 Å². The van der Waals surface area contributed by atoms with Gasteiger partial charge in [0.05, 0.1) is 24.5 Å². The molecule has 0 saturated heterocycles. The lowest BCUT2D eigenvalue weighted by Gasteiger charge is -2.21. The maximum atomic E-state index is 13.7. The molecule has 2 aromatic rings. The molecule has 0 bridgehead atoms. The lowest BCUT2D eigenvalue weighted by molar-refractivity contribution is 0.322. The van der Waals surface area contributed by atoms with Crippen molar-refractivity contribution in [3.63, 3.8) is 0 Å². The van der Waals surface area contributed by atoms with Crippen LogP contribution in [0.5, 0.6) is 5.75 Å². The van der Waals surface area contributed by atoms with E-state index in [-0.39, 0.29) is 5.75 Å². The molecule has 0 spiro atoms. The second-order valence-electron chi connectivity index (χ2n) is 4.36. The number of nitrogens with zero attached hydrogens (tertiary/aromatic N) is 1. The number of hydrogen-bond acceptors (Lipinski definition) is 4. The first-order valence-electron chi connectivity index (χ1n) is 6.17. The fourth-order valence-electron chi connectivity index (χ4n) is 1.91. The number of anilines is 2. The van der Waals surface area contributed by atoms with Crippen LogP contribution in [-0.4, -0.2) is 13.7 Å². The van der Waals surface area contributed by atoms with Gasteiger partial charge in [-0.25, -0.2) is 4.39 Å². The van der Waals surface area contributed by atoms with Crippen LogP contribution in [0, 0.1) is 5.82 Å². The summed E-state index contributed by atoms with van der Waals surface area (Å²) >= 11 is 5.09. The number of ether oxygens (including phenoxy) is 1. The molecule has 0 aliphatic heterocycles. The van der Waals surface area contributed by atoms with E-state index in [9.17, 15) is 4.39 Å². The summed E-state index contributed by atoms with van der Waals surface area (Å²) in [4.78, 5) is 3.18. The first kappa shape index (κ1) is 15.1. The van der Waals surface area contributed by atoms with Gasteiger partial charge < -0.3 is 15.4 Å². The van der Waals surface area contributed by atoms with Crippen LogP contribution in [0.15, 0.2) is 28.1 Å². The van der Waals surface area contributed by atoms with Crippen LogP contribution in [0.4, 0.5) is 15.8 Å². The third-order valence-corrected chi connectivity index (χ3v) is 4.49. The Hall–Kier alpha value is -1.27. The molecule has 2 rings (SSSR count). The van der Waals surface area contributed by atoms with Gasteiger partial charge in [-0.1, -0.05) is 0 Å². The molecule has 6 heteroatoms. The van der Waals surface area contributed by atoms with Crippen LogP contribution in [0.3, 0.4) is 0 Å². The van der Waals surface area contributed by atoms with E-state index >= 15 is 0 Å². The molecule has 0 unspecified atom stereocenters. The van der Waals surface area contributed by atoms with E-state index in [1.807, 2.05) is 24.3 Å². The van der Waals surface area contributed by atoms with Crippen molar-refractivity contribution in [2.45, 2.75) is 13.5 Å². The molecule has 0 saturated carbocycles. The average Bonchev–Trinajstić information content (AvgIpc) is 2.78. The summed E-state index contributed by atoms with van der Waals surface area (Å²) in [6.45, 7) is 2.95. The van der Waals surface area contributed by atoms with Crippen molar-refractivity contribution >= 4 is 38.6 Å². The van der Waals surface area contributed by atoms with Crippen molar-refractivity contribution in [1.82, 2.24) is 0 Å². The van der Waals surface area contributed by atoms with Crippen molar-refractivity contribution < 1.29 is 9.13 Å². The molecule has 1 heterocycles. The Morgan fingerprint density at radius 2 is 2.15 bits per heavy atom. The van der Waals surface area contributed by atoms with Crippen molar-refractivity contribution in [2.24, 2.45) is 0 Å². The number of rotatable bonds is 5. The minimum Gasteiger partial charge on any atom is -0.491 e. The minimum atomic E-state index is -0.430. The lowest BCUT2D eigenvalue weighted by atomic mass is 10.2. The summed E-state index contributed by atoms with van der Waals surface area (Å²) in [7, 11) is 1.92. The fraction of sp³-hybridized carbons (Fsp3) is 0.286. The monoisotopic (exact) mass is 358 g/mol. The molecule has 2 N–H and O–H groups in total. The normalized spacial score (nSPS) is 10.6. The zero-order valence-corrected chi connectivity index (χ0v) is 13.7. The van der Waals surface area contributed by atoms with Crippen molar-refractivity contribution in [2.75, 3.05) is 24.3 Å². The minimum absolute atomic E-state index is 0.232. The second-order valence-corrected chi connectivity index (χ2v) is 6.27. The van der Waals surface area contributed by atoms with Gasteiger partial charge in [-0.3, -0.25) is 0 Å². The Morgan fingerprint density at radius 3 is 2.75 bits per heavy atom. The van der Waals surface area contributed by atoms with Gasteiger partial charge in [-0.15, -0.1) is 11.3 Å². The predicted octanol–water partition coefficient (Wildman–Crippen LogP) is 4.27. The van der Waals surface area contributed by atoms with E-state index in [1.54, 1.807) is 17.4 Å². The van der Waals surface area contributed by atoms with Crippen LogP contribution < -0.4 is 15.4 Å². The summed E-state index contributed by atoms with van der Waals surface area (Å²) in [6, 6.07) is 5.02. The zero-order valence-electron chi connectivity index (χ0n) is 11.3. The molecule has 0 radical (unpaired) electrons. The van der Waals surface area contributed by atoms with Crippen LogP contribution in [0.25, 0.3) is 0 Å². The predicted molar refractivity (Wildman–Crippen MR) is 86.1 cm³/mol. The molecule has 108 valence electrons. The summed E-state index contributed by atoms with van der Waals surface area (Å²) in [5.41, 5.74) is 7.07. The lowest BCUT2D eigenvalue weighted by Crippen LogP contribution is -2.17. The number of halogens is 2. The molecule has 1 aromatic carbocycles. The summed E-state index contributed by atoms with van der Waals surface area (Å²) in [6.07, 6.45) is 0.